The summed E-state index contributed by atoms with van der Waals surface area (Å²) in [7, 11) is 5.67. The number of halogens is 1. The van der Waals surface area contributed by atoms with Gasteiger partial charge in [-0.1, -0.05) is 6.07 Å². The second kappa shape index (κ2) is 9.90. The molecule has 2 rings (SSSR count). The highest BCUT2D eigenvalue weighted by atomic mass is 19.1. The average molecular weight is 381 g/mol. The third-order valence-corrected chi connectivity index (χ3v) is 5.28. The van der Waals surface area contributed by atoms with Crippen molar-refractivity contribution in [2.75, 3.05) is 47.5 Å². The maximum absolute atomic E-state index is 14.0. The van der Waals surface area contributed by atoms with E-state index < -0.39 is 0 Å². The lowest BCUT2D eigenvalue weighted by molar-refractivity contribution is -0.00255. The van der Waals surface area contributed by atoms with Gasteiger partial charge in [-0.25, -0.2) is 4.39 Å². The monoisotopic (exact) mass is 380 g/mol. The summed E-state index contributed by atoms with van der Waals surface area (Å²) in [4.78, 5) is 7.09. The molecule has 1 aromatic carbocycles. The lowest BCUT2D eigenvalue weighted by Crippen LogP contribution is -2.51. The van der Waals surface area contributed by atoms with Gasteiger partial charge in [-0.05, 0) is 58.5 Å². The minimum Gasteiger partial charge on any atom is -0.494 e. The maximum Gasteiger partial charge on any atom is 0.191 e. The molecule has 7 heteroatoms. The van der Waals surface area contributed by atoms with Gasteiger partial charge >= 0.3 is 0 Å². The largest absolute Gasteiger partial charge is 0.494 e. The molecule has 0 saturated carbocycles. The number of rotatable bonds is 7. The number of aliphatic imine (C=N–C) groups is 1. The second-order valence-corrected chi connectivity index (χ2v) is 7.19. The van der Waals surface area contributed by atoms with Crippen LogP contribution in [0.4, 0.5) is 4.39 Å². The first kappa shape index (κ1) is 21.4. The molecule has 1 saturated heterocycles. The van der Waals surface area contributed by atoms with E-state index in [1.54, 1.807) is 6.07 Å². The van der Waals surface area contributed by atoms with Crippen LogP contribution < -0.4 is 15.4 Å². The highest BCUT2D eigenvalue weighted by Crippen LogP contribution is 2.26. The molecule has 0 bridgehead atoms. The summed E-state index contributed by atoms with van der Waals surface area (Å²) in [5, 5.41) is 6.66. The van der Waals surface area contributed by atoms with Gasteiger partial charge in [-0.2, -0.15) is 0 Å². The Morgan fingerprint density at radius 3 is 2.63 bits per heavy atom. The van der Waals surface area contributed by atoms with Crippen LogP contribution >= 0.6 is 0 Å². The molecule has 2 N–H and O–H groups in total. The highest BCUT2D eigenvalue weighted by molar-refractivity contribution is 5.80. The molecule has 1 fully saturated rings. The number of nitrogens with zero attached hydrogens (tertiary/aromatic N) is 2. The smallest absolute Gasteiger partial charge is 0.191 e. The molecule has 1 aliphatic rings. The van der Waals surface area contributed by atoms with E-state index in [1.165, 1.54) is 13.2 Å². The number of ether oxygens (including phenoxy) is 2. The standard InChI is InChI=1S/C20H33FN4O2/c1-6-22-19(23-14-20(25(3)4)9-11-27-12-10-20)24-15(2)16-7-8-18(26-5)17(21)13-16/h7-8,13,15H,6,9-12,14H2,1-5H3,(H2,22,23,24). The molecule has 1 heterocycles. The van der Waals surface area contributed by atoms with Crippen LogP contribution in [0, 0.1) is 5.82 Å². The van der Waals surface area contributed by atoms with Gasteiger partial charge in [0.25, 0.3) is 0 Å². The fourth-order valence-corrected chi connectivity index (χ4v) is 3.28. The van der Waals surface area contributed by atoms with Crippen LogP contribution in [0.2, 0.25) is 0 Å². The van der Waals surface area contributed by atoms with Crippen LogP contribution in [0.25, 0.3) is 0 Å². The van der Waals surface area contributed by atoms with E-state index in [-0.39, 0.29) is 23.1 Å². The average Bonchev–Trinajstić information content (AvgIpc) is 2.66. The summed E-state index contributed by atoms with van der Waals surface area (Å²) < 4.78 is 24.5. The number of likely N-dealkylation sites (N-methyl/N-ethyl adjacent to an activating group) is 1. The molecular formula is C20H33FN4O2. The van der Waals surface area contributed by atoms with Gasteiger partial charge in [-0.15, -0.1) is 0 Å². The topological polar surface area (TPSA) is 58.1 Å². The predicted octanol–water partition coefficient (Wildman–Crippen LogP) is 2.56. The first-order valence-electron chi connectivity index (χ1n) is 9.55. The molecule has 1 atom stereocenters. The number of nitrogens with one attached hydrogen (secondary N) is 2. The van der Waals surface area contributed by atoms with Gasteiger partial charge in [0.05, 0.1) is 19.7 Å². The molecule has 0 radical (unpaired) electrons. The summed E-state index contributed by atoms with van der Waals surface area (Å²) in [5.41, 5.74) is 0.850. The molecule has 0 aromatic heterocycles. The predicted molar refractivity (Wildman–Crippen MR) is 107 cm³/mol. The van der Waals surface area contributed by atoms with Crippen molar-refractivity contribution in [1.29, 1.82) is 0 Å². The zero-order valence-electron chi connectivity index (χ0n) is 17.1. The van der Waals surface area contributed by atoms with Gasteiger partial charge < -0.3 is 25.0 Å². The van der Waals surface area contributed by atoms with Gasteiger partial charge in [-0.3, -0.25) is 4.99 Å². The third kappa shape index (κ3) is 5.56. The van der Waals surface area contributed by atoms with Crippen molar-refractivity contribution >= 4 is 5.96 Å². The summed E-state index contributed by atoms with van der Waals surface area (Å²) in [5.74, 6) is 0.618. The van der Waals surface area contributed by atoms with Gasteiger partial charge in [0.2, 0.25) is 0 Å². The molecule has 1 unspecified atom stereocenters. The van der Waals surface area contributed by atoms with Crippen molar-refractivity contribution in [3.63, 3.8) is 0 Å². The van der Waals surface area contributed by atoms with Gasteiger partial charge in [0.15, 0.2) is 17.5 Å². The van der Waals surface area contributed by atoms with E-state index in [9.17, 15) is 4.39 Å². The Hall–Kier alpha value is -1.86. The van der Waals surface area contributed by atoms with E-state index in [2.05, 4.69) is 29.6 Å². The van der Waals surface area contributed by atoms with Crippen LogP contribution in [-0.4, -0.2) is 63.9 Å². The van der Waals surface area contributed by atoms with Crippen molar-refractivity contribution in [2.24, 2.45) is 4.99 Å². The first-order chi connectivity index (χ1) is 12.9. The lowest BCUT2D eigenvalue weighted by Gasteiger charge is -2.41. The molecule has 0 aliphatic carbocycles. The summed E-state index contributed by atoms with van der Waals surface area (Å²) >= 11 is 0. The maximum atomic E-state index is 14.0. The van der Waals surface area contributed by atoms with E-state index >= 15 is 0 Å². The second-order valence-electron chi connectivity index (χ2n) is 7.19. The quantitative estimate of drug-likeness (QED) is 0.562. The molecule has 1 aromatic rings. The Morgan fingerprint density at radius 2 is 2.07 bits per heavy atom. The Balaban J connectivity index is 2.11. The fraction of sp³-hybridized carbons (Fsp3) is 0.650. The number of methoxy groups -OCH3 is 1. The Kier molecular flexibility index (Phi) is 7.86. The summed E-state index contributed by atoms with van der Waals surface area (Å²) in [6.45, 7) is 6.99. The van der Waals surface area contributed by atoms with E-state index in [0.717, 1.165) is 44.1 Å². The zero-order valence-corrected chi connectivity index (χ0v) is 17.1. The van der Waals surface area contributed by atoms with Crippen molar-refractivity contribution in [3.8, 4) is 5.75 Å². The van der Waals surface area contributed by atoms with Crippen LogP contribution in [0.3, 0.4) is 0 Å². The van der Waals surface area contributed by atoms with Crippen LogP contribution in [0.5, 0.6) is 5.75 Å². The highest BCUT2D eigenvalue weighted by Gasteiger charge is 2.34. The van der Waals surface area contributed by atoms with Crippen LogP contribution in [0.1, 0.15) is 38.3 Å². The van der Waals surface area contributed by atoms with Crippen molar-refractivity contribution in [1.82, 2.24) is 15.5 Å². The molecular weight excluding hydrogens is 347 g/mol. The van der Waals surface area contributed by atoms with Crippen molar-refractivity contribution in [2.45, 2.75) is 38.3 Å². The first-order valence-corrected chi connectivity index (χ1v) is 9.55. The number of benzene rings is 1. The summed E-state index contributed by atoms with van der Waals surface area (Å²) in [6.07, 6.45) is 1.92. The molecule has 152 valence electrons. The third-order valence-electron chi connectivity index (χ3n) is 5.28. The Labute approximate surface area is 162 Å². The fourth-order valence-electron chi connectivity index (χ4n) is 3.28. The van der Waals surface area contributed by atoms with E-state index in [1.807, 2.05) is 19.9 Å². The SMILES string of the molecule is CCNC(=NCC1(N(C)C)CCOCC1)NC(C)c1ccc(OC)c(F)c1. The number of hydrogen-bond acceptors (Lipinski definition) is 4. The van der Waals surface area contributed by atoms with Crippen molar-refractivity contribution < 1.29 is 13.9 Å². The molecule has 27 heavy (non-hydrogen) atoms. The Bertz CT molecular complexity index is 630. The van der Waals surface area contributed by atoms with Gasteiger partial charge in [0, 0.05) is 25.3 Å². The number of hydrogen-bond donors (Lipinski definition) is 2. The molecule has 6 nitrogen and oxygen atoms in total. The normalized spacial score (nSPS) is 18.3. The van der Waals surface area contributed by atoms with Gasteiger partial charge in [0.1, 0.15) is 0 Å². The lowest BCUT2D eigenvalue weighted by atomic mass is 9.89. The minimum atomic E-state index is -0.362. The number of guanidine groups is 1. The molecule has 0 amide bonds. The zero-order chi connectivity index (χ0) is 19.9. The summed E-state index contributed by atoms with van der Waals surface area (Å²) in [6, 6.07) is 4.92. The van der Waals surface area contributed by atoms with E-state index in [0.29, 0.717) is 6.54 Å². The minimum absolute atomic E-state index is 0.00998. The van der Waals surface area contributed by atoms with Crippen molar-refractivity contribution in [3.05, 3.63) is 29.6 Å². The van der Waals surface area contributed by atoms with Crippen LogP contribution in [0.15, 0.2) is 23.2 Å². The Morgan fingerprint density at radius 1 is 1.37 bits per heavy atom. The molecule has 0 spiro atoms. The van der Waals surface area contributed by atoms with Crippen LogP contribution in [-0.2, 0) is 4.74 Å². The molecule has 1 aliphatic heterocycles. The van der Waals surface area contributed by atoms with E-state index in [4.69, 9.17) is 14.5 Å².